The lowest BCUT2D eigenvalue weighted by Crippen LogP contribution is -2.46. The van der Waals surface area contributed by atoms with Crippen molar-refractivity contribution < 1.29 is 14.3 Å². The Kier molecular flexibility index (Phi) is 7.37. The lowest BCUT2D eigenvalue weighted by Gasteiger charge is -2.37. The fourth-order valence-electron chi connectivity index (χ4n) is 4.30. The van der Waals surface area contributed by atoms with Crippen LogP contribution in [-0.4, -0.2) is 36.9 Å². The maximum atomic E-state index is 13.5. The van der Waals surface area contributed by atoms with Crippen molar-refractivity contribution >= 4 is 23.2 Å². The first kappa shape index (κ1) is 22.6. The van der Waals surface area contributed by atoms with Crippen LogP contribution in [0.3, 0.4) is 0 Å². The molecule has 0 saturated carbocycles. The molecule has 33 heavy (non-hydrogen) atoms. The van der Waals surface area contributed by atoms with Crippen LogP contribution in [0.4, 0.5) is 11.4 Å². The van der Waals surface area contributed by atoms with Crippen molar-refractivity contribution in [2.24, 2.45) is 5.92 Å². The lowest BCUT2D eigenvalue weighted by atomic mass is 9.93. The molecule has 1 saturated heterocycles. The van der Waals surface area contributed by atoms with Gasteiger partial charge in [0.05, 0.1) is 13.0 Å². The van der Waals surface area contributed by atoms with E-state index < -0.39 is 6.04 Å². The van der Waals surface area contributed by atoms with Gasteiger partial charge in [-0.2, -0.15) is 0 Å². The molecule has 3 aromatic rings. The molecule has 0 radical (unpaired) electrons. The summed E-state index contributed by atoms with van der Waals surface area (Å²) < 4.78 is 5.28. The second-order valence-electron chi connectivity index (χ2n) is 8.22. The van der Waals surface area contributed by atoms with Crippen LogP contribution in [0.2, 0.25) is 0 Å². The van der Waals surface area contributed by atoms with Gasteiger partial charge < -0.3 is 15.4 Å². The minimum atomic E-state index is -0.496. The number of benzene rings is 3. The molecule has 1 fully saturated rings. The fourth-order valence-corrected chi connectivity index (χ4v) is 4.30. The predicted molar refractivity (Wildman–Crippen MR) is 130 cm³/mol. The highest BCUT2D eigenvalue weighted by Crippen LogP contribution is 2.29. The van der Waals surface area contributed by atoms with Gasteiger partial charge in [0, 0.05) is 24.0 Å². The summed E-state index contributed by atoms with van der Waals surface area (Å²) in [5.74, 6) is 0.360. The summed E-state index contributed by atoms with van der Waals surface area (Å²) in [4.78, 5) is 28.6. The number of carbonyl (C=O) groups excluding carboxylic acids is 2. The molecule has 0 bridgehead atoms. The number of amides is 2. The standard InChI is InChI=1S/C27H29N3O3/c1-33-24-16-8-15-23(18-24)29-27(32)25(20-10-4-2-5-11-20)30-17-9-12-21(19-30)26(31)28-22-13-6-3-7-14-22/h2-8,10-11,13-16,18,21,25H,9,12,17,19H2,1H3,(H,28,31)(H,29,32). The van der Waals surface area contributed by atoms with E-state index >= 15 is 0 Å². The molecule has 4 rings (SSSR count). The zero-order valence-corrected chi connectivity index (χ0v) is 18.7. The first-order valence-electron chi connectivity index (χ1n) is 11.2. The Morgan fingerprint density at radius 1 is 0.909 bits per heavy atom. The Morgan fingerprint density at radius 3 is 2.33 bits per heavy atom. The minimum Gasteiger partial charge on any atom is -0.497 e. The van der Waals surface area contributed by atoms with Crippen LogP contribution in [0.25, 0.3) is 0 Å². The summed E-state index contributed by atoms with van der Waals surface area (Å²) in [5, 5.41) is 6.05. The van der Waals surface area contributed by atoms with Crippen LogP contribution in [-0.2, 0) is 9.59 Å². The normalized spacial score (nSPS) is 17.1. The van der Waals surface area contributed by atoms with E-state index in [0.717, 1.165) is 30.6 Å². The van der Waals surface area contributed by atoms with Gasteiger partial charge >= 0.3 is 0 Å². The quantitative estimate of drug-likeness (QED) is 0.554. The maximum Gasteiger partial charge on any atom is 0.246 e. The van der Waals surface area contributed by atoms with Gasteiger partial charge in [0.15, 0.2) is 0 Å². The summed E-state index contributed by atoms with van der Waals surface area (Å²) in [6.45, 7) is 1.27. The zero-order chi connectivity index (χ0) is 23.0. The van der Waals surface area contributed by atoms with E-state index in [1.54, 1.807) is 13.2 Å². The number of para-hydroxylation sites is 1. The van der Waals surface area contributed by atoms with Crippen LogP contribution in [0.15, 0.2) is 84.9 Å². The fraction of sp³-hybridized carbons (Fsp3) is 0.259. The molecule has 170 valence electrons. The van der Waals surface area contributed by atoms with E-state index in [1.165, 1.54) is 0 Å². The van der Waals surface area contributed by atoms with E-state index in [9.17, 15) is 9.59 Å². The number of carbonyl (C=O) groups is 2. The third-order valence-electron chi connectivity index (χ3n) is 5.93. The molecule has 1 aliphatic heterocycles. The molecule has 2 N–H and O–H groups in total. The highest BCUT2D eigenvalue weighted by molar-refractivity contribution is 5.96. The van der Waals surface area contributed by atoms with Gasteiger partial charge in [-0.3, -0.25) is 14.5 Å². The molecular formula is C27H29N3O3. The van der Waals surface area contributed by atoms with Crippen LogP contribution in [0, 0.1) is 5.92 Å². The minimum absolute atomic E-state index is 0.00841. The molecular weight excluding hydrogens is 414 g/mol. The largest absolute Gasteiger partial charge is 0.497 e. The topological polar surface area (TPSA) is 70.7 Å². The molecule has 6 nitrogen and oxygen atoms in total. The number of rotatable bonds is 7. The van der Waals surface area contributed by atoms with Crippen molar-refractivity contribution in [3.05, 3.63) is 90.5 Å². The molecule has 0 aromatic heterocycles. The van der Waals surface area contributed by atoms with Crippen LogP contribution in [0.1, 0.15) is 24.4 Å². The summed E-state index contributed by atoms with van der Waals surface area (Å²) in [6.07, 6.45) is 1.65. The molecule has 2 amide bonds. The van der Waals surface area contributed by atoms with E-state index in [-0.39, 0.29) is 17.7 Å². The van der Waals surface area contributed by atoms with Gasteiger partial charge in [-0.1, -0.05) is 54.6 Å². The van der Waals surface area contributed by atoms with Crippen molar-refractivity contribution in [2.45, 2.75) is 18.9 Å². The number of nitrogens with one attached hydrogen (secondary N) is 2. The number of nitrogens with zero attached hydrogens (tertiary/aromatic N) is 1. The second-order valence-corrected chi connectivity index (χ2v) is 8.22. The summed E-state index contributed by atoms with van der Waals surface area (Å²) in [7, 11) is 1.60. The molecule has 0 spiro atoms. The summed E-state index contributed by atoms with van der Waals surface area (Å²) in [6, 6.07) is 26.0. The van der Waals surface area contributed by atoms with Crippen molar-refractivity contribution in [3.63, 3.8) is 0 Å². The lowest BCUT2D eigenvalue weighted by molar-refractivity contribution is -0.126. The number of hydrogen-bond acceptors (Lipinski definition) is 4. The average Bonchev–Trinajstić information content (AvgIpc) is 2.86. The van der Waals surface area contributed by atoms with Crippen molar-refractivity contribution in [3.8, 4) is 5.75 Å². The maximum absolute atomic E-state index is 13.5. The van der Waals surface area contributed by atoms with Gasteiger partial charge in [0.2, 0.25) is 11.8 Å². The van der Waals surface area contributed by atoms with Gasteiger partial charge in [-0.05, 0) is 49.2 Å². The summed E-state index contributed by atoms with van der Waals surface area (Å²) >= 11 is 0. The van der Waals surface area contributed by atoms with Crippen molar-refractivity contribution in [2.75, 3.05) is 30.8 Å². The Balaban J connectivity index is 1.52. The first-order valence-corrected chi connectivity index (χ1v) is 11.2. The Hall–Kier alpha value is -3.64. The average molecular weight is 444 g/mol. The van der Waals surface area contributed by atoms with E-state index in [2.05, 4.69) is 15.5 Å². The molecule has 2 atom stereocenters. The van der Waals surface area contributed by atoms with Crippen LogP contribution in [0.5, 0.6) is 5.75 Å². The number of likely N-dealkylation sites (tertiary alicyclic amines) is 1. The number of ether oxygens (including phenoxy) is 1. The monoisotopic (exact) mass is 443 g/mol. The van der Waals surface area contributed by atoms with Gasteiger partial charge in [0.1, 0.15) is 11.8 Å². The first-order chi connectivity index (χ1) is 16.1. The van der Waals surface area contributed by atoms with Crippen LogP contribution < -0.4 is 15.4 Å². The zero-order valence-electron chi connectivity index (χ0n) is 18.7. The number of piperidine rings is 1. The number of hydrogen-bond donors (Lipinski definition) is 2. The summed E-state index contributed by atoms with van der Waals surface area (Å²) in [5.41, 5.74) is 2.37. The van der Waals surface area contributed by atoms with Gasteiger partial charge in [-0.15, -0.1) is 0 Å². The number of anilines is 2. The molecule has 1 heterocycles. The molecule has 3 aromatic carbocycles. The molecule has 2 unspecified atom stereocenters. The van der Waals surface area contributed by atoms with Crippen molar-refractivity contribution in [1.82, 2.24) is 4.90 Å². The molecule has 6 heteroatoms. The highest BCUT2D eigenvalue weighted by Gasteiger charge is 2.34. The number of methoxy groups -OCH3 is 1. The third kappa shape index (κ3) is 5.79. The van der Waals surface area contributed by atoms with E-state index in [4.69, 9.17) is 4.74 Å². The Bertz CT molecular complexity index is 1070. The van der Waals surface area contributed by atoms with Crippen molar-refractivity contribution in [1.29, 1.82) is 0 Å². The highest BCUT2D eigenvalue weighted by atomic mass is 16.5. The second kappa shape index (κ2) is 10.8. The van der Waals surface area contributed by atoms with Gasteiger partial charge in [-0.25, -0.2) is 0 Å². The van der Waals surface area contributed by atoms with E-state index in [0.29, 0.717) is 18.0 Å². The Labute approximate surface area is 194 Å². The predicted octanol–water partition coefficient (Wildman–Crippen LogP) is 4.73. The third-order valence-corrected chi connectivity index (χ3v) is 5.93. The van der Waals surface area contributed by atoms with Gasteiger partial charge in [0.25, 0.3) is 0 Å². The smallest absolute Gasteiger partial charge is 0.246 e. The SMILES string of the molecule is COc1cccc(NC(=O)C(c2ccccc2)N2CCCC(C(=O)Nc3ccccc3)C2)c1. The Morgan fingerprint density at radius 2 is 1.61 bits per heavy atom. The van der Waals surface area contributed by atoms with E-state index in [1.807, 2.05) is 78.9 Å². The van der Waals surface area contributed by atoms with Crippen LogP contribution >= 0.6 is 0 Å². The molecule has 1 aliphatic rings. The molecule has 0 aliphatic carbocycles.